The summed E-state index contributed by atoms with van der Waals surface area (Å²) in [7, 11) is 0. The number of hydrogen-bond donors (Lipinski definition) is 0. The highest BCUT2D eigenvalue weighted by Crippen LogP contribution is 2.15. The highest BCUT2D eigenvalue weighted by molar-refractivity contribution is 9.10. The predicted octanol–water partition coefficient (Wildman–Crippen LogP) is 4.01. The minimum absolute atomic E-state index is 0.0864. The molecule has 0 atom stereocenters. The number of rotatable bonds is 3. The molecule has 0 bridgehead atoms. The molecule has 0 aliphatic heterocycles. The van der Waals surface area contributed by atoms with Crippen molar-refractivity contribution in [2.24, 2.45) is 0 Å². The van der Waals surface area contributed by atoms with E-state index < -0.39 is 0 Å². The van der Waals surface area contributed by atoms with Gasteiger partial charge in [-0.25, -0.2) is 4.39 Å². The molecule has 3 heteroatoms. The summed E-state index contributed by atoms with van der Waals surface area (Å²) < 4.78 is 14.2. The lowest BCUT2D eigenvalue weighted by Gasteiger charge is -2.03. The minimum atomic E-state index is -0.337. The molecule has 2 rings (SSSR count). The molecule has 0 saturated heterocycles. The summed E-state index contributed by atoms with van der Waals surface area (Å²) in [6.45, 7) is 0. The first-order chi connectivity index (χ1) is 8.16. The Kier molecular flexibility index (Phi) is 3.69. The summed E-state index contributed by atoms with van der Waals surface area (Å²) in [5, 5.41) is 0. The van der Waals surface area contributed by atoms with Crippen molar-refractivity contribution in [1.29, 1.82) is 0 Å². The molecule has 0 fully saturated rings. The highest BCUT2D eigenvalue weighted by Gasteiger charge is 2.10. The quantitative estimate of drug-likeness (QED) is 0.781. The van der Waals surface area contributed by atoms with Crippen LogP contribution in [-0.2, 0) is 6.42 Å². The summed E-state index contributed by atoms with van der Waals surface area (Å²) in [5.41, 5.74) is 1.01. The number of ketones is 1. The first-order valence-electron chi connectivity index (χ1n) is 5.19. The Morgan fingerprint density at radius 2 is 1.88 bits per heavy atom. The van der Waals surface area contributed by atoms with Crippen LogP contribution in [0.1, 0.15) is 15.9 Å². The first kappa shape index (κ1) is 12.0. The summed E-state index contributed by atoms with van der Waals surface area (Å²) >= 11 is 3.30. The van der Waals surface area contributed by atoms with Crippen LogP contribution in [0.3, 0.4) is 0 Å². The zero-order valence-electron chi connectivity index (χ0n) is 8.99. The van der Waals surface area contributed by atoms with Gasteiger partial charge in [-0.1, -0.05) is 46.3 Å². The number of benzene rings is 2. The summed E-state index contributed by atoms with van der Waals surface area (Å²) in [6.07, 6.45) is 0.0864. The maximum absolute atomic E-state index is 13.4. The van der Waals surface area contributed by atoms with Gasteiger partial charge in [-0.2, -0.15) is 0 Å². The molecule has 0 aliphatic rings. The van der Waals surface area contributed by atoms with E-state index in [1.165, 1.54) is 6.07 Å². The van der Waals surface area contributed by atoms with Crippen molar-refractivity contribution in [2.45, 2.75) is 6.42 Å². The van der Waals surface area contributed by atoms with Gasteiger partial charge in [0.25, 0.3) is 0 Å². The molecule has 0 spiro atoms. The topological polar surface area (TPSA) is 17.1 Å². The van der Waals surface area contributed by atoms with E-state index in [9.17, 15) is 9.18 Å². The summed E-state index contributed by atoms with van der Waals surface area (Å²) in [4.78, 5) is 11.9. The van der Waals surface area contributed by atoms with Crippen molar-refractivity contribution in [3.05, 3.63) is 69.9 Å². The summed E-state index contributed by atoms with van der Waals surface area (Å²) in [6, 6.07) is 13.4. The largest absolute Gasteiger partial charge is 0.294 e. The van der Waals surface area contributed by atoms with E-state index in [-0.39, 0.29) is 18.0 Å². The molecule has 0 unspecified atom stereocenters. The Morgan fingerprint density at radius 1 is 1.12 bits per heavy atom. The second kappa shape index (κ2) is 5.23. The molecule has 0 radical (unpaired) electrons. The van der Waals surface area contributed by atoms with E-state index in [2.05, 4.69) is 15.9 Å². The fraction of sp³-hybridized carbons (Fsp3) is 0.0714. The molecule has 0 heterocycles. The maximum Gasteiger partial charge on any atom is 0.167 e. The van der Waals surface area contributed by atoms with Crippen LogP contribution in [0.15, 0.2) is 53.0 Å². The van der Waals surface area contributed by atoms with Crippen LogP contribution in [0.5, 0.6) is 0 Å². The van der Waals surface area contributed by atoms with Crippen LogP contribution in [0.2, 0.25) is 0 Å². The lowest BCUT2D eigenvalue weighted by atomic mass is 10.0. The van der Waals surface area contributed by atoms with Gasteiger partial charge in [-0.3, -0.25) is 4.79 Å². The van der Waals surface area contributed by atoms with Crippen LogP contribution in [0.4, 0.5) is 4.39 Å². The van der Waals surface area contributed by atoms with Crippen molar-refractivity contribution in [3.63, 3.8) is 0 Å². The average Bonchev–Trinajstić information content (AvgIpc) is 2.32. The predicted molar refractivity (Wildman–Crippen MR) is 68.6 cm³/mol. The molecule has 0 N–H and O–H groups in total. The number of Topliss-reactive ketones (excluding diaryl/α,β-unsaturated/α-hetero) is 1. The van der Waals surface area contributed by atoms with Gasteiger partial charge >= 0.3 is 0 Å². The van der Waals surface area contributed by atoms with E-state index in [4.69, 9.17) is 0 Å². The zero-order chi connectivity index (χ0) is 12.3. The van der Waals surface area contributed by atoms with Crippen LogP contribution < -0.4 is 0 Å². The summed E-state index contributed by atoms with van der Waals surface area (Å²) in [5.74, 6) is -0.424. The molecular weight excluding hydrogens is 283 g/mol. The van der Waals surface area contributed by atoms with E-state index in [1.807, 2.05) is 6.07 Å². The van der Waals surface area contributed by atoms with E-state index in [0.717, 1.165) is 4.47 Å². The SMILES string of the molecule is O=C(Cc1ccccc1F)c1cccc(Br)c1. The monoisotopic (exact) mass is 292 g/mol. The number of hydrogen-bond acceptors (Lipinski definition) is 1. The molecule has 0 aliphatic carbocycles. The van der Waals surface area contributed by atoms with Gasteiger partial charge in [0.1, 0.15) is 5.82 Å². The third-order valence-electron chi connectivity index (χ3n) is 2.46. The number of halogens is 2. The molecule has 2 aromatic rings. The second-order valence-corrected chi connectivity index (χ2v) is 4.62. The van der Waals surface area contributed by atoms with Gasteiger partial charge in [0.05, 0.1) is 0 Å². The molecule has 86 valence electrons. The van der Waals surface area contributed by atoms with Crippen molar-refractivity contribution in [2.75, 3.05) is 0 Å². The third-order valence-corrected chi connectivity index (χ3v) is 2.95. The van der Waals surface area contributed by atoms with Crippen LogP contribution in [0, 0.1) is 5.82 Å². The highest BCUT2D eigenvalue weighted by atomic mass is 79.9. The Labute approximate surface area is 107 Å². The normalized spacial score (nSPS) is 10.2. The fourth-order valence-corrected chi connectivity index (χ4v) is 1.98. The lowest BCUT2D eigenvalue weighted by molar-refractivity contribution is 0.0992. The standard InChI is InChI=1S/C14H10BrFO/c15-12-6-3-5-11(8-12)14(17)9-10-4-1-2-7-13(10)16/h1-8H,9H2. The van der Waals surface area contributed by atoms with Gasteiger partial charge in [0.15, 0.2) is 5.78 Å². The van der Waals surface area contributed by atoms with Crippen molar-refractivity contribution in [1.82, 2.24) is 0 Å². The van der Waals surface area contributed by atoms with E-state index in [0.29, 0.717) is 11.1 Å². The molecule has 0 aromatic heterocycles. The van der Waals surface area contributed by atoms with Gasteiger partial charge < -0.3 is 0 Å². The first-order valence-corrected chi connectivity index (χ1v) is 5.98. The molecular formula is C14H10BrFO. The minimum Gasteiger partial charge on any atom is -0.294 e. The Morgan fingerprint density at radius 3 is 2.59 bits per heavy atom. The molecule has 2 aromatic carbocycles. The van der Waals surface area contributed by atoms with Crippen LogP contribution in [0.25, 0.3) is 0 Å². The van der Waals surface area contributed by atoms with Crippen LogP contribution in [-0.4, -0.2) is 5.78 Å². The molecule has 0 saturated carbocycles. The Hall–Kier alpha value is -1.48. The zero-order valence-corrected chi connectivity index (χ0v) is 10.6. The number of carbonyl (C=O) groups excluding carboxylic acids is 1. The van der Waals surface area contributed by atoms with Gasteiger partial charge in [0, 0.05) is 16.5 Å². The van der Waals surface area contributed by atoms with Gasteiger partial charge in [-0.15, -0.1) is 0 Å². The van der Waals surface area contributed by atoms with Gasteiger partial charge in [0.2, 0.25) is 0 Å². The van der Waals surface area contributed by atoms with E-state index >= 15 is 0 Å². The smallest absolute Gasteiger partial charge is 0.167 e. The average molecular weight is 293 g/mol. The molecule has 17 heavy (non-hydrogen) atoms. The third kappa shape index (κ3) is 3.01. The number of carbonyl (C=O) groups is 1. The van der Waals surface area contributed by atoms with Gasteiger partial charge in [-0.05, 0) is 23.8 Å². The van der Waals surface area contributed by atoms with Crippen molar-refractivity contribution in [3.8, 4) is 0 Å². The second-order valence-electron chi connectivity index (χ2n) is 3.70. The van der Waals surface area contributed by atoms with Crippen molar-refractivity contribution >= 4 is 21.7 Å². The van der Waals surface area contributed by atoms with Crippen LogP contribution >= 0.6 is 15.9 Å². The Balaban J connectivity index is 2.20. The maximum atomic E-state index is 13.4. The fourth-order valence-electron chi connectivity index (χ4n) is 1.58. The molecule has 1 nitrogen and oxygen atoms in total. The Bertz CT molecular complexity index is 551. The van der Waals surface area contributed by atoms with E-state index in [1.54, 1.807) is 36.4 Å². The molecule has 0 amide bonds. The lowest BCUT2D eigenvalue weighted by Crippen LogP contribution is -2.04. The van der Waals surface area contributed by atoms with Crippen molar-refractivity contribution < 1.29 is 9.18 Å².